The van der Waals surface area contributed by atoms with Gasteiger partial charge in [0.05, 0.1) is 11.6 Å². The van der Waals surface area contributed by atoms with Crippen molar-refractivity contribution in [2.75, 3.05) is 18.3 Å². The number of hydrogen-bond donors (Lipinski definition) is 1. The molecule has 4 aliphatic rings. The molecule has 1 aliphatic carbocycles. The Balaban J connectivity index is 1.43. The summed E-state index contributed by atoms with van der Waals surface area (Å²) < 4.78 is 37.1. The summed E-state index contributed by atoms with van der Waals surface area (Å²) >= 11 is 1.43. The molecule has 38 heavy (non-hydrogen) atoms. The Hall–Kier alpha value is -3.37. The zero-order chi connectivity index (χ0) is 26.2. The van der Waals surface area contributed by atoms with Gasteiger partial charge in [0.1, 0.15) is 6.67 Å². The third kappa shape index (κ3) is 3.57. The van der Waals surface area contributed by atoms with Crippen LogP contribution in [0.15, 0.2) is 58.4 Å². The van der Waals surface area contributed by atoms with Crippen LogP contribution in [0.3, 0.4) is 0 Å². The Morgan fingerprint density at radius 3 is 2.68 bits per heavy atom. The summed E-state index contributed by atoms with van der Waals surface area (Å²) in [6.45, 7) is 0.662. The summed E-state index contributed by atoms with van der Waals surface area (Å²) in [5, 5.41) is 12.7. The second-order valence-corrected chi connectivity index (χ2v) is 11.4. The molecule has 7 rings (SSSR count). The first-order valence-corrected chi connectivity index (χ1v) is 13.7. The maximum absolute atomic E-state index is 15.2. The maximum Gasteiger partial charge on any atom is 0.278 e. The highest BCUT2D eigenvalue weighted by atomic mass is 32.2. The second kappa shape index (κ2) is 8.57. The monoisotopic (exact) mass is 537 g/mol. The summed E-state index contributed by atoms with van der Waals surface area (Å²) in [7, 11) is 0. The van der Waals surface area contributed by atoms with Crippen LogP contribution in [-0.4, -0.2) is 45.5 Å². The van der Waals surface area contributed by atoms with Crippen molar-refractivity contribution in [3.8, 4) is 5.75 Å². The number of hydrogen-bond acceptors (Lipinski definition) is 6. The van der Waals surface area contributed by atoms with Crippen molar-refractivity contribution in [1.82, 2.24) is 9.58 Å². The molecule has 2 fully saturated rings. The van der Waals surface area contributed by atoms with Crippen molar-refractivity contribution < 1.29 is 23.4 Å². The lowest BCUT2D eigenvalue weighted by molar-refractivity contribution is -0.0415. The minimum absolute atomic E-state index is 0.126. The van der Waals surface area contributed by atoms with E-state index in [1.807, 2.05) is 29.3 Å². The van der Waals surface area contributed by atoms with Gasteiger partial charge in [-0.15, -0.1) is 11.8 Å². The van der Waals surface area contributed by atoms with Crippen LogP contribution in [0.25, 0.3) is 0 Å². The average molecular weight is 538 g/mol. The number of carbonyl (C=O) groups excluding carboxylic acids is 1. The van der Waals surface area contributed by atoms with Crippen molar-refractivity contribution in [1.29, 1.82) is 0 Å². The van der Waals surface area contributed by atoms with Crippen molar-refractivity contribution in [3.63, 3.8) is 0 Å². The Morgan fingerprint density at radius 1 is 1.05 bits per heavy atom. The van der Waals surface area contributed by atoms with E-state index in [0.717, 1.165) is 29.4 Å². The van der Waals surface area contributed by atoms with Gasteiger partial charge in [0.25, 0.3) is 5.91 Å². The normalized spacial score (nSPS) is 23.5. The second-order valence-electron chi connectivity index (χ2n) is 10.4. The summed E-state index contributed by atoms with van der Waals surface area (Å²) in [5.74, 6) is -2.61. The zero-order valence-electron chi connectivity index (χ0n) is 20.4. The number of thioether (sulfide) groups is 1. The fraction of sp³-hybridized carbons (Fsp3) is 0.357. The molecule has 7 nitrogen and oxygen atoms in total. The summed E-state index contributed by atoms with van der Waals surface area (Å²) in [4.78, 5) is 28.9. The molecule has 1 amide bonds. The van der Waals surface area contributed by atoms with Crippen LogP contribution in [0.1, 0.15) is 58.9 Å². The van der Waals surface area contributed by atoms with E-state index in [2.05, 4.69) is 0 Å². The molecule has 1 N–H and O–H groups in total. The van der Waals surface area contributed by atoms with E-state index < -0.39 is 34.8 Å². The highest BCUT2D eigenvalue weighted by molar-refractivity contribution is 7.98. The van der Waals surface area contributed by atoms with E-state index in [0.29, 0.717) is 25.0 Å². The van der Waals surface area contributed by atoms with Gasteiger partial charge in [-0.2, -0.15) is 0 Å². The number of rotatable bonds is 2. The van der Waals surface area contributed by atoms with Gasteiger partial charge >= 0.3 is 0 Å². The molecule has 10 heteroatoms. The van der Waals surface area contributed by atoms with E-state index in [1.54, 1.807) is 11.0 Å². The first-order valence-electron chi connectivity index (χ1n) is 12.7. The molecule has 4 heterocycles. The van der Waals surface area contributed by atoms with E-state index in [4.69, 9.17) is 4.74 Å². The number of nitrogens with zero attached hydrogens (tertiary/aromatic N) is 3. The first-order chi connectivity index (χ1) is 18.4. The number of aromatic nitrogens is 1. The van der Waals surface area contributed by atoms with Gasteiger partial charge in [-0.05, 0) is 48.9 Å². The van der Waals surface area contributed by atoms with Gasteiger partial charge in [0.2, 0.25) is 5.43 Å². The Morgan fingerprint density at radius 2 is 1.87 bits per heavy atom. The number of carbonyl (C=O) groups is 1. The van der Waals surface area contributed by atoms with Crippen LogP contribution in [0, 0.1) is 11.6 Å². The molecule has 3 aliphatic heterocycles. The highest BCUT2D eigenvalue weighted by Gasteiger charge is 2.51. The van der Waals surface area contributed by atoms with Crippen molar-refractivity contribution in [3.05, 3.63) is 92.9 Å². The lowest BCUT2D eigenvalue weighted by atomic mass is 9.93. The summed E-state index contributed by atoms with van der Waals surface area (Å²) in [6, 6.07) is 10.9. The van der Waals surface area contributed by atoms with E-state index in [9.17, 15) is 19.1 Å². The summed E-state index contributed by atoms with van der Waals surface area (Å²) in [5.41, 5.74) is 0.718. The van der Waals surface area contributed by atoms with Crippen LogP contribution in [0.2, 0.25) is 0 Å². The lowest BCUT2D eigenvalue weighted by Crippen LogP contribution is -2.59. The molecule has 0 bridgehead atoms. The molecule has 1 spiro atoms. The SMILES string of the molecule is O=C1c2c(O)c(=O)ccn2N([C@@H]2c3ccccc3SCc3c2ccc(F)c3F)CN1[C@H]1CCOC2(CC2)C1. The number of halogens is 2. The van der Waals surface area contributed by atoms with Gasteiger partial charge in [0.15, 0.2) is 23.1 Å². The van der Waals surface area contributed by atoms with Crippen LogP contribution >= 0.6 is 11.8 Å². The Labute approximate surface area is 221 Å². The van der Waals surface area contributed by atoms with Crippen molar-refractivity contribution in [2.45, 2.75) is 54.0 Å². The third-order valence-corrected chi connectivity index (χ3v) is 9.33. The predicted octanol–water partition coefficient (Wildman–Crippen LogP) is 4.29. The standard InChI is InChI=1S/C28H25F2N3O4S/c29-20-6-5-17-19(23(20)30)14-38-22-4-2-1-3-18(22)24(17)33-15-31(16-8-12-37-28(13-16)9-10-28)27(36)25-26(35)21(34)7-11-32(25)33/h1-7,11,16,24,35H,8-10,12-15H2/t16-,24-/m0/s1. The fourth-order valence-electron chi connectivity index (χ4n) is 6.08. The van der Waals surface area contributed by atoms with Crippen molar-refractivity contribution >= 4 is 17.7 Å². The molecule has 2 aromatic carbocycles. The van der Waals surface area contributed by atoms with Gasteiger partial charge in [-0.25, -0.2) is 8.78 Å². The molecular weight excluding hydrogens is 512 g/mol. The molecule has 1 aromatic heterocycles. The van der Waals surface area contributed by atoms with Gasteiger partial charge in [-0.1, -0.05) is 24.3 Å². The van der Waals surface area contributed by atoms with Gasteiger partial charge in [-0.3, -0.25) is 19.3 Å². The molecule has 196 valence electrons. The van der Waals surface area contributed by atoms with Gasteiger partial charge in [0, 0.05) is 41.1 Å². The van der Waals surface area contributed by atoms with Crippen LogP contribution < -0.4 is 10.4 Å². The molecule has 2 atom stereocenters. The Kier molecular flexibility index (Phi) is 5.35. The smallest absolute Gasteiger partial charge is 0.278 e. The number of aromatic hydroxyl groups is 1. The predicted molar refractivity (Wildman–Crippen MR) is 137 cm³/mol. The van der Waals surface area contributed by atoms with Crippen molar-refractivity contribution in [2.24, 2.45) is 0 Å². The number of amides is 1. The molecule has 3 aromatic rings. The number of ether oxygens (including phenoxy) is 1. The Bertz CT molecular complexity index is 1540. The number of benzene rings is 2. The largest absolute Gasteiger partial charge is 0.502 e. The molecule has 1 saturated carbocycles. The third-order valence-electron chi connectivity index (χ3n) is 8.22. The molecule has 0 radical (unpaired) electrons. The topological polar surface area (TPSA) is 75.0 Å². The average Bonchev–Trinajstić information content (AvgIpc) is 3.69. The molecule has 0 unspecified atom stereocenters. The van der Waals surface area contributed by atoms with Gasteiger partial charge < -0.3 is 14.7 Å². The van der Waals surface area contributed by atoms with E-state index in [1.165, 1.54) is 28.7 Å². The van der Waals surface area contributed by atoms with Crippen LogP contribution in [-0.2, 0) is 10.5 Å². The number of fused-ring (bicyclic) bond motifs is 3. The fourth-order valence-corrected chi connectivity index (χ4v) is 7.20. The first kappa shape index (κ1) is 23.7. The highest BCUT2D eigenvalue weighted by Crippen LogP contribution is 2.48. The number of pyridine rings is 1. The molecule has 1 saturated heterocycles. The zero-order valence-corrected chi connectivity index (χ0v) is 21.2. The van der Waals surface area contributed by atoms with E-state index >= 15 is 4.39 Å². The van der Waals surface area contributed by atoms with E-state index in [-0.39, 0.29) is 35.3 Å². The quantitative estimate of drug-likeness (QED) is 0.526. The van der Waals surface area contributed by atoms with Crippen LogP contribution in [0.5, 0.6) is 5.75 Å². The van der Waals surface area contributed by atoms with Crippen LogP contribution in [0.4, 0.5) is 8.78 Å². The summed E-state index contributed by atoms with van der Waals surface area (Å²) in [6.07, 6.45) is 4.67. The molecular formula is C28H25F2N3O4S. The minimum atomic E-state index is -0.914. The maximum atomic E-state index is 15.2. The lowest BCUT2D eigenvalue weighted by Gasteiger charge is -2.48. The minimum Gasteiger partial charge on any atom is -0.502 e.